The van der Waals surface area contributed by atoms with Crippen molar-refractivity contribution in [1.29, 1.82) is 0 Å². The van der Waals surface area contributed by atoms with E-state index >= 15 is 0 Å². The lowest BCUT2D eigenvalue weighted by atomic mass is 10.2. The van der Waals surface area contributed by atoms with E-state index in [-0.39, 0.29) is 10.8 Å². The molecule has 6 nitrogen and oxygen atoms in total. The quantitative estimate of drug-likeness (QED) is 0.647. The Morgan fingerprint density at radius 1 is 1.26 bits per heavy atom. The number of halogens is 1. The molecule has 9 heteroatoms. The standard InChI is InChI=1S/C18H21BrN2O4S2/c1-2-20(13-15-6-7-17(19)26-15)18(22)14-4-3-5-16(12-14)27(23,24)21-8-10-25-11-9-21/h3-7,12H,2,8-11,13H2,1H3. The van der Waals surface area contributed by atoms with Gasteiger partial charge in [0.2, 0.25) is 10.0 Å². The van der Waals surface area contributed by atoms with Crippen molar-refractivity contribution in [3.63, 3.8) is 0 Å². The third-order valence-electron chi connectivity index (χ3n) is 4.33. The topological polar surface area (TPSA) is 66.9 Å². The van der Waals surface area contributed by atoms with Gasteiger partial charge in [-0.15, -0.1) is 11.3 Å². The molecule has 1 aromatic carbocycles. The molecule has 0 aliphatic carbocycles. The molecular weight excluding hydrogens is 452 g/mol. The number of ether oxygens (including phenoxy) is 1. The van der Waals surface area contributed by atoms with Crippen molar-refractivity contribution in [1.82, 2.24) is 9.21 Å². The van der Waals surface area contributed by atoms with Gasteiger partial charge in [0.15, 0.2) is 0 Å². The zero-order chi connectivity index (χ0) is 19.4. The van der Waals surface area contributed by atoms with Gasteiger partial charge in [-0.2, -0.15) is 4.31 Å². The normalized spacial score (nSPS) is 15.6. The predicted molar refractivity (Wildman–Crippen MR) is 108 cm³/mol. The summed E-state index contributed by atoms with van der Waals surface area (Å²) in [5.41, 5.74) is 0.377. The molecule has 1 aromatic heterocycles. The monoisotopic (exact) mass is 472 g/mol. The van der Waals surface area contributed by atoms with Gasteiger partial charge < -0.3 is 9.64 Å². The van der Waals surface area contributed by atoms with Crippen molar-refractivity contribution in [2.45, 2.75) is 18.4 Å². The molecule has 0 bridgehead atoms. The summed E-state index contributed by atoms with van der Waals surface area (Å²) < 4.78 is 33.3. The number of thiophene rings is 1. The van der Waals surface area contributed by atoms with Gasteiger partial charge in [-0.1, -0.05) is 6.07 Å². The van der Waals surface area contributed by atoms with E-state index in [0.717, 1.165) is 8.66 Å². The Morgan fingerprint density at radius 3 is 2.63 bits per heavy atom. The van der Waals surface area contributed by atoms with Gasteiger partial charge in [-0.25, -0.2) is 8.42 Å². The summed E-state index contributed by atoms with van der Waals surface area (Å²) in [6.07, 6.45) is 0. The van der Waals surface area contributed by atoms with Crippen LogP contribution in [0.25, 0.3) is 0 Å². The van der Waals surface area contributed by atoms with E-state index in [9.17, 15) is 13.2 Å². The fourth-order valence-electron chi connectivity index (χ4n) is 2.86. The van der Waals surface area contributed by atoms with Crippen LogP contribution >= 0.6 is 27.3 Å². The van der Waals surface area contributed by atoms with E-state index in [4.69, 9.17) is 4.74 Å². The van der Waals surface area contributed by atoms with E-state index in [0.29, 0.717) is 45.0 Å². The summed E-state index contributed by atoms with van der Waals surface area (Å²) in [5.74, 6) is -0.180. The average Bonchev–Trinajstić information content (AvgIpc) is 3.11. The molecule has 3 rings (SSSR count). The zero-order valence-electron chi connectivity index (χ0n) is 14.9. The number of carbonyl (C=O) groups is 1. The molecule has 0 atom stereocenters. The van der Waals surface area contributed by atoms with Crippen LogP contribution in [0.1, 0.15) is 22.2 Å². The van der Waals surface area contributed by atoms with Gasteiger partial charge in [0, 0.05) is 30.1 Å². The van der Waals surface area contributed by atoms with Crippen LogP contribution in [0.15, 0.2) is 45.1 Å². The number of sulfonamides is 1. The largest absolute Gasteiger partial charge is 0.379 e. The SMILES string of the molecule is CCN(Cc1ccc(Br)s1)C(=O)c1cccc(S(=O)(=O)N2CCOCC2)c1. The number of nitrogens with zero attached hydrogens (tertiary/aromatic N) is 2. The summed E-state index contributed by atoms with van der Waals surface area (Å²) in [6, 6.07) is 10.2. The summed E-state index contributed by atoms with van der Waals surface area (Å²) in [5, 5.41) is 0. The molecule has 0 radical (unpaired) electrons. The number of carbonyl (C=O) groups excluding carboxylic acids is 1. The highest BCUT2D eigenvalue weighted by Crippen LogP contribution is 2.24. The van der Waals surface area contributed by atoms with Crippen LogP contribution < -0.4 is 0 Å². The maximum Gasteiger partial charge on any atom is 0.254 e. The molecule has 1 saturated heterocycles. The first kappa shape index (κ1) is 20.5. The number of morpholine rings is 1. The summed E-state index contributed by atoms with van der Waals surface area (Å²) in [6.45, 7) is 4.37. The molecule has 1 aliphatic heterocycles. The highest BCUT2D eigenvalue weighted by molar-refractivity contribution is 9.11. The Kier molecular flexibility index (Phi) is 6.69. The second-order valence-electron chi connectivity index (χ2n) is 6.07. The van der Waals surface area contributed by atoms with Crippen LogP contribution in [0, 0.1) is 0 Å². The van der Waals surface area contributed by atoms with Gasteiger partial charge >= 0.3 is 0 Å². The van der Waals surface area contributed by atoms with Gasteiger partial charge in [0.05, 0.1) is 28.4 Å². The molecule has 0 unspecified atom stereocenters. The smallest absolute Gasteiger partial charge is 0.254 e. The van der Waals surface area contributed by atoms with Crippen LogP contribution in [-0.4, -0.2) is 56.4 Å². The van der Waals surface area contributed by atoms with Gasteiger partial charge in [0.1, 0.15) is 0 Å². The van der Waals surface area contributed by atoms with Gasteiger partial charge in [0.25, 0.3) is 5.91 Å². The molecule has 2 heterocycles. The number of hydrogen-bond donors (Lipinski definition) is 0. The highest BCUT2D eigenvalue weighted by atomic mass is 79.9. The number of rotatable bonds is 6. The average molecular weight is 473 g/mol. The fourth-order valence-corrected chi connectivity index (χ4v) is 5.81. The summed E-state index contributed by atoms with van der Waals surface area (Å²) in [4.78, 5) is 15.8. The minimum absolute atomic E-state index is 0.144. The predicted octanol–water partition coefficient (Wildman–Crippen LogP) is 3.19. The molecular formula is C18H21BrN2O4S2. The summed E-state index contributed by atoms with van der Waals surface area (Å²) in [7, 11) is -3.63. The molecule has 0 N–H and O–H groups in total. The molecule has 1 aliphatic rings. The van der Waals surface area contributed by atoms with Crippen molar-refractivity contribution in [3.05, 3.63) is 50.6 Å². The maximum absolute atomic E-state index is 12.9. The number of benzene rings is 1. The molecule has 0 saturated carbocycles. The van der Waals surface area contributed by atoms with E-state index in [1.807, 2.05) is 19.1 Å². The highest BCUT2D eigenvalue weighted by Gasteiger charge is 2.27. The zero-order valence-corrected chi connectivity index (χ0v) is 18.1. The third kappa shape index (κ3) is 4.78. The second kappa shape index (κ2) is 8.83. The number of amides is 1. The van der Waals surface area contributed by atoms with Gasteiger partial charge in [-0.05, 0) is 53.2 Å². The second-order valence-corrected chi connectivity index (χ2v) is 10.6. The van der Waals surface area contributed by atoms with Gasteiger partial charge in [-0.3, -0.25) is 4.79 Å². The molecule has 146 valence electrons. The molecule has 27 heavy (non-hydrogen) atoms. The Bertz CT molecular complexity index is 908. The fraction of sp³-hybridized carbons (Fsp3) is 0.389. The van der Waals surface area contributed by atoms with Crippen LogP contribution in [0.3, 0.4) is 0 Å². The van der Waals surface area contributed by atoms with Crippen molar-refractivity contribution in [2.75, 3.05) is 32.8 Å². The van der Waals surface area contributed by atoms with Crippen molar-refractivity contribution in [2.24, 2.45) is 0 Å². The first-order valence-corrected chi connectivity index (χ1v) is 11.7. The van der Waals surface area contributed by atoms with E-state index in [1.165, 1.54) is 16.4 Å². The van der Waals surface area contributed by atoms with Crippen LogP contribution in [0.2, 0.25) is 0 Å². The molecule has 0 spiro atoms. The molecule has 1 fully saturated rings. The summed E-state index contributed by atoms with van der Waals surface area (Å²) >= 11 is 5.01. The van der Waals surface area contributed by atoms with Crippen LogP contribution in [-0.2, 0) is 21.3 Å². The lowest BCUT2D eigenvalue weighted by molar-refractivity contribution is 0.0729. The molecule has 1 amide bonds. The minimum Gasteiger partial charge on any atom is -0.379 e. The Morgan fingerprint density at radius 2 is 2.00 bits per heavy atom. The minimum atomic E-state index is -3.63. The molecule has 2 aromatic rings. The van der Waals surface area contributed by atoms with E-state index < -0.39 is 10.0 Å². The lowest BCUT2D eigenvalue weighted by Gasteiger charge is -2.26. The number of hydrogen-bond acceptors (Lipinski definition) is 5. The van der Waals surface area contributed by atoms with E-state index in [2.05, 4.69) is 15.9 Å². The Labute approximate surface area is 171 Å². The van der Waals surface area contributed by atoms with Crippen molar-refractivity contribution < 1.29 is 17.9 Å². The van der Waals surface area contributed by atoms with Crippen LogP contribution in [0.4, 0.5) is 0 Å². The Hall–Kier alpha value is -1.26. The Balaban J connectivity index is 1.81. The third-order valence-corrected chi connectivity index (χ3v) is 7.84. The van der Waals surface area contributed by atoms with Crippen molar-refractivity contribution >= 4 is 43.2 Å². The first-order valence-electron chi connectivity index (χ1n) is 8.63. The van der Waals surface area contributed by atoms with Crippen molar-refractivity contribution in [3.8, 4) is 0 Å². The van der Waals surface area contributed by atoms with E-state index in [1.54, 1.807) is 28.4 Å². The van der Waals surface area contributed by atoms with Crippen LogP contribution in [0.5, 0.6) is 0 Å². The first-order chi connectivity index (χ1) is 12.9. The maximum atomic E-state index is 12.9. The lowest BCUT2D eigenvalue weighted by Crippen LogP contribution is -2.40.